The summed E-state index contributed by atoms with van der Waals surface area (Å²) in [4.78, 5) is 32.1. The molecule has 10 heteroatoms. The number of urea groups is 1. The highest BCUT2D eigenvalue weighted by molar-refractivity contribution is 5.98. The Bertz CT molecular complexity index is 365. The summed E-state index contributed by atoms with van der Waals surface area (Å²) in [6.07, 6.45) is 1.31. The van der Waals surface area contributed by atoms with Crippen LogP contribution in [0.3, 0.4) is 0 Å². The maximum absolute atomic E-state index is 10.8. The Hall–Kier alpha value is -2.78. The number of rotatable bonds is 2. The Labute approximate surface area is 114 Å². The second-order valence-corrected chi connectivity index (χ2v) is 2.83. The van der Waals surface area contributed by atoms with E-state index in [9.17, 15) is 14.4 Å². The van der Waals surface area contributed by atoms with Gasteiger partial charge < -0.3 is 9.47 Å². The van der Waals surface area contributed by atoms with E-state index >= 15 is 0 Å². The molecule has 1 aromatic rings. The van der Waals surface area contributed by atoms with Gasteiger partial charge in [0, 0.05) is 0 Å². The highest BCUT2D eigenvalue weighted by atomic mass is 16.6. The zero-order valence-electron chi connectivity index (χ0n) is 11.0. The van der Waals surface area contributed by atoms with Gasteiger partial charge in [0.25, 0.3) is 0 Å². The molecular weight excluding hydrogens is 270 g/mol. The van der Waals surface area contributed by atoms with Gasteiger partial charge in [-0.15, -0.1) is 10.2 Å². The Morgan fingerprint density at radius 2 is 1.40 bits per heavy atom. The molecule has 0 aliphatic carbocycles. The van der Waals surface area contributed by atoms with Gasteiger partial charge in [-0.25, -0.2) is 25.0 Å². The number of amides is 4. The fraction of sp³-hybridized carbons (Fsp3) is 0.400. The Kier molecular flexibility index (Phi) is 9.75. The number of nitrogens with zero attached hydrogens (tertiary/aromatic N) is 3. The highest BCUT2D eigenvalue weighted by Gasteiger charge is 2.11. The molecule has 0 fully saturated rings. The first-order valence-corrected chi connectivity index (χ1v) is 5.60. The summed E-state index contributed by atoms with van der Waals surface area (Å²) in [5.41, 5.74) is 0. The second-order valence-electron chi connectivity index (χ2n) is 2.83. The molecule has 10 nitrogen and oxygen atoms in total. The molecule has 4 amide bonds. The van der Waals surface area contributed by atoms with Gasteiger partial charge in [0.05, 0.1) is 25.6 Å². The van der Waals surface area contributed by atoms with Gasteiger partial charge in [0.1, 0.15) is 0 Å². The van der Waals surface area contributed by atoms with Gasteiger partial charge >= 0.3 is 18.2 Å². The van der Waals surface area contributed by atoms with E-state index < -0.39 is 18.2 Å². The molecule has 0 saturated carbocycles. The topological polar surface area (TPSA) is 132 Å². The predicted molar refractivity (Wildman–Crippen MR) is 65.5 cm³/mol. The molecule has 0 unspecified atom stereocenters. The molecule has 0 radical (unpaired) electrons. The fourth-order valence-electron chi connectivity index (χ4n) is 0.756. The van der Waals surface area contributed by atoms with E-state index in [-0.39, 0.29) is 13.2 Å². The lowest BCUT2D eigenvalue weighted by Crippen LogP contribution is -2.42. The molecule has 0 bridgehead atoms. The summed E-state index contributed by atoms with van der Waals surface area (Å²) in [6, 6.07) is 0.731. The summed E-state index contributed by atoms with van der Waals surface area (Å²) in [7, 11) is 0. The van der Waals surface area contributed by atoms with Crippen molar-refractivity contribution >= 4 is 18.2 Å². The molecule has 0 atom stereocenters. The molecule has 20 heavy (non-hydrogen) atoms. The van der Waals surface area contributed by atoms with Crippen LogP contribution in [0.25, 0.3) is 0 Å². The molecule has 0 aliphatic rings. The number of carbonyl (C=O) groups is 3. The van der Waals surface area contributed by atoms with Crippen LogP contribution >= 0.6 is 0 Å². The molecule has 0 aliphatic heterocycles. The molecule has 0 aromatic carbocycles. The molecule has 2 N–H and O–H groups in total. The molecule has 0 saturated heterocycles. The first-order valence-electron chi connectivity index (χ1n) is 5.60. The van der Waals surface area contributed by atoms with Crippen LogP contribution in [0.4, 0.5) is 14.4 Å². The number of alkyl carbamates (subject to hydrolysis) is 2. The van der Waals surface area contributed by atoms with Crippen molar-refractivity contribution in [3.8, 4) is 0 Å². The molecule has 1 heterocycles. The molecule has 0 spiro atoms. The van der Waals surface area contributed by atoms with Crippen LogP contribution in [0.1, 0.15) is 13.8 Å². The smallest absolute Gasteiger partial charge is 0.415 e. The largest absolute Gasteiger partial charge is 0.450 e. The predicted octanol–water partition coefficient (Wildman–Crippen LogP) is 0.470. The van der Waals surface area contributed by atoms with Gasteiger partial charge in [0.15, 0.2) is 0 Å². The summed E-state index contributed by atoms with van der Waals surface area (Å²) in [6.45, 7) is 3.45. The van der Waals surface area contributed by atoms with E-state index in [1.807, 2.05) is 0 Å². The van der Waals surface area contributed by atoms with Crippen LogP contribution < -0.4 is 10.6 Å². The Balaban J connectivity index is 0.000000493. The van der Waals surface area contributed by atoms with Gasteiger partial charge in [-0.05, 0) is 25.1 Å². The normalized spacial score (nSPS) is 8.50. The van der Waals surface area contributed by atoms with Crippen molar-refractivity contribution < 1.29 is 23.9 Å². The summed E-state index contributed by atoms with van der Waals surface area (Å²) in [5, 5.41) is 13.6. The average Bonchev–Trinajstić information content (AvgIpc) is 2.41. The van der Waals surface area contributed by atoms with Crippen molar-refractivity contribution in [3.63, 3.8) is 0 Å². The first-order chi connectivity index (χ1) is 9.60. The van der Waals surface area contributed by atoms with E-state index in [4.69, 9.17) is 0 Å². The quantitative estimate of drug-likeness (QED) is 0.801. The maximum atomic E-state index is 10.8. The van der Waals surface area contributed by atoms with Crippen LogP contribution in [0.2, 0.25) is 0 Å². The van der Waals surface area contributed by atoms with Gasteiger partial charge in [-0.2, -0.15) is 0 Å². The molecule has 1 aromatic heterocycles. The lowest BCUT2D eigenvalue weighted by atomic mass is 10.7. The van der Waals surface area contributed by atoms with Crippen LogP contribution in [0, 0.1) is 0 Å². The Morgan fingerprint density at radius 1 is 0.950 bits per heavy atom. The summed E-state index contributed by atoms with van der Waals surface area (Å²) in [5.74, 6) is 0. The Morgan fingerprint density at radius 3 is 1.65 bits per heavy atom. The lowest BCUT2D eigenvalue weighted by molar-refractivity contribution is 0.146. The van der Waals surface area contributed by atoms with Gasteiger partial charge in [-0.1, -0.05) is 0 Å². The van der Waals surface area contributed by atoms with Gasteiger partial charge in [0.2, 0.25) is 0 Å². The van der Waals surface area contributed by atoms with Crippen LogP contribution in [0.5, 0.6) is 0 Å². The third kappa shape index (κ3) is 10.4. The number of nitrogens with one attached hydrogen (secondary N) is 2. The van der Waals surface area contributed by atoms with Gasteiger partial charge in [-0.3, -0.25) is 0 Å². The molecule has 1 rings (SSSR count). The van der Waals surface area contributed by atoms with Crippen LogP contribution in [-0.2, 0) is 9.47 Å². The first kappa shape index (κ1) is 17.2. The maximum Gasteiger partial charge on any atom is 0.415 e. The SMILES string of the molecule is CCOC(=O)NC(=O)NC(=O)OCC.c1cnnnc1. The minimum atomic E-state index is -0.984. The summed E-state index contributed by atoms with van der Waals surface area (Å²) < 4.78 is 8.78. The minimum Gasteiger partial charge on any atom is -0.450 e. The lowest BCUT2D eigenvalue weighted by Gasteiger charge is -2.04. The fourth-order valence-corrected chi connectivity index (χ4v) is 0.756. The van der Waals surface area contributed by atoms with E-state index in [1.54, 1.807) is 42.9 Å². The van der Waals surface area contributed by atoms with Crippen LogP contribution in [0.15, 0.2) is 18.5 Å². The third-order valence-electron chi connectivity index (χ3n) is 1.39. The number of ether oxygens (including phenoxy) is 2. The van der Waals surface area contributed by atoms with E-state index in [0.29, 0.717) is 0 Å². The zero-order chi connectivity index (χ0) is 15.2. The summed E-state index contributed by atoms with van der Waals surface area (Å²) >= 11 is 0. The number of imide groups is 2. The van der Waals surface area contributed by atoms with Crippen molar-refractivity contribution in [2.24, 2.45) is 0 Å². The monoisotopic (exact) mass is 285 g/mol. The number of hydrogen-bond acceptors (Lipinski definition) is 8. The number of aromatic nitrogens is 3. The standard InChI is InChI=1S/C7H12N2O5.C3H3N3/c1-3-13-6(11)8-5(10)9-7(12)14-4-2;1-2-4-6-5-3-1/h3-4H2,1-2H3,(H2,8,9,10,11,12);1-3H. The van der Waals surface area contributed by atoms with E-state index in [1.165, 1.54) is 0 Å². The van der Waals surface area contributed by atoms with E-state index in [2.05, 4.69) is 24.9 Å². The molecule has 110 valence electrons. The number of hydrogen-bond donors (Lipinski definition) is 2. The van der Waals surface area contributed by atoms with Crippen molar-refractivity contribution in [1.82, 2.24) is 26.0 Å². The van der Waals surface area contributed by atoms with Crippen molar-refractivity contribution in [1.29, 1.82) is 0 Å². The minimum absolute atomic E-state index is 0.137. The van der Waals surface area contributed by atoms with E-state index in [0.717, 1.165) is 0 Å². The van der Waals surface area contributed by atoms with Crippen LogP contribution in [-0.4, -0.2) is 46.8 Å². The third-order valence-corrected chi connectivity index (χ3v) is 1.39. The van der Waals surface area contributed by atoms with Crippen molar-refractivity contribution in [3.05, 3.63) is 18.5 Å². The number of carbonyl (C=O) groups excluding carboxylic acids is 3. The van der Waals surface area contributed by atoms with Crippen molar-refractivity contribution in [2.45, 2.75) is 13.8 Å². The zero-order valence-corrected chi connectivity index (χ0v) is 11.0. The highest BCUT2D eigenvalue weighted by Crippen LogP contribution is 1.79. The van der Waals surface area contributed by atoms with Crippen molar-refractivity contribution in [2.75, 3.05) is 13.2 Å². The average molecular weight is 285 g/mol. The second kappa shape index (κ2) is 11.3. The molecular formula is C10H15N5O5.